The van der Waals surface area contributed by atoms with Crippen LogP contribution in [0, 0.1) is 0 Å². The van der Waals surface area contributed by atoms with Gasteiger partial charge in [0.25, 0.3) is 5.92 Å². The van der Waals surface area contributed by atoms with Crippen LogP contribution >= 0.6 is 0 Å². The Hall–Kier alpha value is -1.12. The maximum Gasteiger partial charge on any atom is 0.278 e. The molecule has 1 nitrogen and oxygen atoms in total. The van der Waals surface area contributed by atoms with E-state index in [0.717, 1.165) is 6.92 Å². The highest BCUT2D eigenvalue weighted by molar-refractivity contribution is 5.28. The molecular weight excluding hydrogens is 198 g/mol. The molecule has 1 aromatic carbocycles. The largest absolute Gasteiger partial charge is 0.487 e. The van der Waals surface area contributed by atoms with Gasteiger partial charge in [-0.15, -0.1) is 0 Å². The van der Waals surface area contributed by atoms with Crippen LogP contribution in [0.3, 0.4) is 0 Å². The van der Waals surface area contributed by atoms with E-state index in [9.17, 15) is 8.78 Å². The molecule has 0 aliphatic heterocycles. The molecule has 0 unspecified atom stereocenters. The minimum Gasteiger partial charge on any atom is -0.487 e. The average Bonchev–Trinajstić information content (AvgIpc) is 2.14. The molecule has 1 aromatic rings. The number of ether oxygens (including phenoxy) is 1. The highest BCUT2D eigenvalue weighted by Gasteiger charge is 2.21. The lowest BCUT2D eigenvalue weighted by Crippen LogP contribution is -2.20. The summed E-state index contributed by atoms with van der Waals surface area (Å²) in [4.78, 5) is 0. The minimum absolute atomic E-state index is 0.437. The Kier molecular flexibility index (Phi) is 3.66. The summed E-state index contributed by atoms with van der Waals surface area (Å²) in [6.07, 6.45) is 0. The van der Waals surface area contributed by atoms with Crippen molar-refractivity contribution in [3.05, 3.63) is 29.8 Å². The summed E-state index contributed by atoms with van der Waals surface area (Å²) in [5.74, 6) is -1.86. The van der Waals surface area contributed by atoms with Crippen molar-refractivity contribution in [1.29, 1.82) is 0 Å². The zero-order valence-electron chi connectivity index (χ0n) is 9.26. The lowest BCUT2D eigenvalue weighted by atomic mass is 10.0. The Morgan fingerprint density at radius 2 is 1.73 bits per heavy atom. The molecule has 0 amide bonds. The van der Waals surface area contributed by atoms with Crippen LogP contribution in [-0.4, -0.2) is 12.5 Å². The summed E-state index contributed by atoms with van der Waals surface area (Å²) in [6.45, 7) is 4.43. The van der Waals surface area contributed by atoms with Gasteiger partial charge in [0.2, 0.25) is 0 Å². The lowest BCUT2D eigenvalue weighted by molar-refractivity contribution is -0.0229. The van der Waals surface area contributed by atoms with Crippen molar-refractivity contribution in [3.63, 3.8) is 0 Å². The second-order valence-corrected chi connectivity index (χ2v) is 4.08. The van der Waals surface area contributed by atoms with Crippen LogP contribution in [0.1, 0.15) is 32.3 Å². The number of halogens is 2. The number of alkyl halides is 2. The van der Waals surface area contributed by atoms with E-state index in [1.807, 2.05) is 12.1 Å². The van der Waals surface area contributed by atoms with Crippen molar-refractivity contribution in [2.45, 2.75) is 32.6 Å². The normalized spacial score (nSPS) is 11.9. The van der Waals surface area contributed by atoms with Crippen molar-refractivity contribution >= 4 is 0 Å². The van der Waals surface area contributed by atoms with Gasteiger partial charge in [-0.1, -0.05) is 26.0 Å². The third-order valence-electron chi connectivity index (χ3n) is 2.04. The topological polar surface area (TPSA) is 9.23 Å². The van der Waals surface area contributed by atoms with Crippen LogP contribution in [-0.2, 0) is 0 Å². The van der Waals surface area contributed by atoms with Crippen molar-refractivity contribution in [3.8, 4) is 5.75 Å². The van der Waals surface area contributed by atoms with Gasteiger partial charge in [0.15, 0.2) is 6.61 Å². The monoisotopic (exact) mass is 214 g/mol. The molecule has 0 atom stereocenters. The fourth-order valence-corrected chi connectivity index (χ4v) is 1.16. The first-order chi connectivity index (χ1) is 6.88. The lowest BCUT2D eigenvalue weighted by Gasteiger charge is -2.12. The van der Waals surface area contributed by atoms with E-state index in [2.05, 4.69) is 13.8 Å². The van der Waals surface area contributed by atoms with Gasteiger partial charge in [-0.3, -0.25) is 0 Å². The fourth-order valence-electron chi connectivity index (χ4n) is 1.16. The summed E-state index contributed by atoms with van der Waals surface area (Å²) < 4.78 is 29.9. The maximum absolute atomic E-state index is 12.5. The maximum atomic E-state index is 12.5. The molecule has 0 N–H and O–H groups in total. The van der Waals surface area contributed by atoms with E-state index >= 15 is 0 Å². The summed E-state index contributed by atoms with van der Waals surface area (Å²) in [5, 5.41) is 0. The molecule has 1 rings (SSSR count). The van der Waals surface area contributed by atoms with E-state index in [1.165, 1.54) is 5.56 Å². The van der Waals surface area contributed by atoms with E-state index in [1.54, 1.807) is 12.1 Å². The van der Waals surface area contributed by atoms with Crippen LogP contribution in [0.4, 0.5) is 8.78 Å². The molecule has 0 saturated heterocycles. The standard InChI is InChI=1S/C12H16F2O/c1-9(2)10-4-6-11(7-5-10)15-8-12(3,13)14/h4-7,9H,8H2,1-3H3. The molecule has 0 aromatic heterocycles. The average molecular weight is 214 g/mol. The van der Waals surface area contributed by atoms with Gasteiger partial charge in [0, 0.05) is 6.92 Å². The summed E-state index contributed by atoms with van der Waals surface area (Å²) in [6, 6.07) is 7.24. The van der Waals surface area contributed by atoms with Crippen LogP contribution in [0.25, 0.3) is 0 Å². The Morgan fingerprint density at radius 3 is 2.13 bits per heavy atom. The second-order valence-electron chi connectivity index (χ2n) is 4.08. The fraction of sp³-hybridized carbons (Fsp3) is 0.500. The van der Waals surface area contributed by atoms with Gasteiger partial charge in [-0.2, -0.15) is 0 Å². The van der Waals surface area contributed by atoms with E-state index in [0.29, 0.717) is 11.7 Å². The zero-order valence-corrected chi connectivity index (χ0v) is 9.26. The highest BCUT2D eigenvalue weighted by atomic mass is 19.3. The first-order valence-electron chi connectivity index (χ1n) is 4.99. The Labute approximate surface area is 89.1 Å². The molecule has 3 heteroatoms. The van der Waals surface area contributed by atoms with Crippen molar-refractivity contribution in [1.82, 2.24) is 0 Å². The molecule has 0 fully saturated rings. The van der Waals surface area contributed by atoms with Gasteiger partial charge in [-0.25, -0.2) is 8.78 Å². The number of benzene rings is 1. The van der Waals surface area contributed by atoms with E-state index < -0.39 is 12.5 Å². The van der Waals surface area contributed by atoms with Gasteiger partial charge in [0.05, 0.1) is 0 Å². The molecule has 0 radical (unpaired) electrons. The summed E-state index contributed by atoms with van der Waals surface area (Å²) >= 11 is 0. The van der Waals surface area contributed by atoms with Gasteiger partial charge < -0.3 is 4.74 Å². The molecule has 15 heavy (non-hydrogen) atoms. The predicted octanol–water partition coefficient (Wildman–Crippen LogP) is 3.84. The Bertz CT molecular complexity index is 298. The molecule has 0 aliphatic carbocycles. The molecule has 0 aliphatic rings. The van der Waals surface area contributed by atoms with E-state index in [4.69, 9.17) is 4.74 Å². The van der Waals surface area contributed by atoms with Gasteiger partial charge in [0.1, 0.15) is 5.75 Å². The summed E-state index contributed by atoms with van der Waals surface area (Å²) in [7, 11) is 0. The molecule has 0 saturated carbocycles. The molecular formula is C12H16F2O. The second kappa shape index (κ2) is 4.60. The summed E-state index contributed by atoms with van der Waals surface area (Å²) in [5.41, 5.74) is 1.17. The SMILES string of the molecule is CC(C)c1ccc(OCC(C)(F)F)cc1. The van der Waals surface area contributed by atoms with Crippen LogP contribution in [0.5, 0.6) is 5.75 Å². The number of hydrogen-bond acceptors (Lipinski definition) is 1. The van der Waals surface area contributed by atoms with Crippen molar-refractivity contribution in [2.75, 3.05) is 6.61 Å². The van der Waals surface area contributed by atoms with Crippen molar-refractivity contribution < 1.29 is 13.5 Å². The van der Waals surface area contributed by atoms with Crippen LogP contribution in [0.15, 0.2) is 24.3 Å². The number of hydrogen-bond donors (Lipinski definition) is 0. The smallest absolute Gasteiger partial charge is 0.278 e. The van der Waals surface area contributed by atoms with Crippen LogP contribution < -0.4 is 4.74 Å². The first kappa shape index (κ1) is 12.0. The minimum atomic E-state index is -2.78. The Balaban J connectivity index is 2.57. The van der Waals surface area contributed by atoms with E-state index in [-0.39, 0.29) is 0 Å². The van der Waals surface area contributed by atoms with Crippen LogP contribution in [0.2, 0.25) is 0 Å². The quantitative estimate of drug-likeness (QED) is 0.739. The molecule has 0 heterocycles. The van der Waals surface area contributed by atoms with Gasteiger partial charge >= 0.3 is 0 Å². The third kappa shape index (κ3) is 4.28. The van der Waals surface area contributed by atoms with Gasteiger partial charge in [-0.05, 0) is 23.6 Å². The van der Waals surface area contributed by atoms with Crippen molar-refractivity contribution in [2.24, 2.45) is 0 Å². The predicted molar refractivity (Wildman–Crippen MR) is 56.6 cm³/mol. The highest BCUT2D eigenvalue weighted by Crippen LogP contribution is 2.20. The zero-order chi connectivity index (χ0) is 11.5. The molecule has 0 spiro atoms. The molecule has 0 bridgehead atoms. The number of rotatable bonds is 4. The third-order valence-corrected chi connectivity index (χ3v) is 2.04. The Morgan fingerprint density at radius 1 is 1.20 bits per heavy atom. The first-order valence-corrected chi connectivity index (χ1v) is 4.99. The molecule has 84 valence electrons.